The lowest BCUT2D eigenvalue weighted by Crippen LogP contribution is -2.17. The second-order valence-electron chi connectivity index (χ2n) is 4.75. The van der Waals surface area contributed by atoms with E-state index < -0.39 is 0 Å². The van der Waals surface area contributed by atoms with E-state index >= 15 is 0 Å². The van der Waals surface area contributed by atoms with Gasteiger partial charge in [-0.3, -0.25) is 4.79 Å². The van der Waals surface area contributed by atoms with Gasteiger partial charge < -0.3 is 4.98 Å². The van der Waals surface area contributed by atoms with Crippen LogP contribution >= 0.6 is 38.5 Å². The van der Waals surface area contributed by atoms with Crippen LogP contribution in [0.5, 0.6) is 0 Å². The van der Waals surface area contributed by atoms with Gasteiger partial charge >= 0.3 is 0 Å². The first-order valence-corrected chi connectivity index (χ1v) is 7.83. The predicted molar refractivity (Wildman–Crippen MR) is 89.5 cm³/mol. The van der Waals surface area contributed by atoms with Gasteiger partial charge in [0.1, 0.15) is 5.82 Å². The van der Waals surface area contributed by atoms with Gasteiger partial charge in [0.15, 0.2) is 0 Å². The van der Waals surface area contributed by atoms with Crippen LogP contribution in [0.2, 0.25) is 0 Å². The van der Waals surface area contributed by atoms with Crippen LogP contribution in [0, 0.1) is 10.5 Å². The summed E-state index contributed by atoms with van der Waals surface area (Å²) in [5, 5.41) is 0. The number of halogens is 2. The topological polar surface area (TPSA) is 45.8 Å². The van der Waals surface area contributed by atoms with Crippen molar-refractivity contribution in [1.29, 1.82) is 0 Å². The van der Waals surface area contributed by atoms with Gasteiger partial charge in [-0.05, 0) is 53.1 Å². The van der Waals surface area contributed by atoms with Crippen LogP contribution in [-0.2, 0) is 0 Å². The minimum absolute atomic E-state index is 0.0817. The molecule has 2 aromatic rings. The quantitative estimate of drug-likeness (QED) is 0.721. The molecule has 1 aromatic heterocycles. The van der Waals surface area contributed by atoms with E-state index in [9.17, 15) is 4.79 Å². The lowest BCUT2D eigenvalue weighted by molar-refractivity contribution is 0.802. The molecule has 0 spiro atoms. The molecule has 1 aromatic carbocycles. The van der Waals surface area contributed by atoms with Gasteiger partial charge in [-0.2, -0.15) is 0 Å². The van der Waals surface area contributed by atoms with E-state index in [4.69, 9.17) is 0 Å². The van der Waals surface area contributed by atoms with Crippen molar-refractivity contribution in [3.63, 3.8) is 0 Å². The first kappa shape index (κ1) is 14.7. The number of rotatable bonds is 2. The monoisotopic (exact) mass is 432 g/mol. The Morgan fingerprint density at radius 3 is 2.63 bits per heavy atom. The maximum absolute atomic E-state index is 12.0. The number of benzene rings is 1. The summed E-state index contributed by atoms with van der Waals surface area (Å²) >= 11 is 5.58. The van der Waals surface area contributed by atoms with E-state index in [1.807, 2.05) is 39.0 Å². The lowest BCUT2D eigenvalue weighted by atomic mass is 10.1. The zero-order valence-electron chi connectivity index (χ0n) is 10.9. The van der Waals surface area contributed by atoms with Gasteiger partial charge in [0.05, 0.1) is 9.26 Å². The second kappa shape index (κ2) is 5.75. The Balaban J connectivity index is 2.66. The normalized spacial score (nSPS) is 11.1. The average molecular weight is 433 g/mol. The number of aromatic nitrogens is 2. The lowest BCUT2D eigenvalue weighted by Gasteiger charge is -2.10. The highest BCUT2D eigenvalue weighted by atomic mass is 127. The number of aryl methyl sites for hydroxylation is 1. The van der Waals surface area contributed by atoms with Crippen molar-refractivity contribution < 1.29 is 0 Å². The van der Waals surface area contributed by atoms with Crippen molar-refractivity contribution in [2.75, 3.05) is 0 Å². The number of hydrogen-bond acceptors (Lipinski definition) is 2. The Bertz CT molecular complexity index is 680. The Kier molecular flexibility index (Phi) is 4.45. The summed E-state index contributed by atoms with van der Waals surface area (Å²) < 4.78 is 1.60. The van der Waals surface area contributed by atoms with Gasteiger partial charge in [0.2, 0.25) is 0 Å². The molecule has 2 rings (SSSR count). The standard InChI is InChI=1S/C14H14BrIN2O/c1-7(2)12-11(16)14(19)18-13(17-12)9-5-4-8(3)6-10(9)15/h4-7H,1-3H3,(H,17,18,19). The molecule has 0 radical (unpaired) electrons. The highest BCUT2D eigenvalue weighted by Gasteiger charge is 2.14. The van der Waals surface area contributed by atoms with Crippen molar-refractivity contribution in [2.45, 2.75) is 26.7 Å². The summed E-state index contributed by atoms with van der Waals surface area (Å²) in [7, 11) is 0. The largest absolute Gasteiger partial charge is 0.306 e. The predicted octanol–water partition coefficient (Wildman–Crippen LogP) is 4.24. The van der Waals surface area contributed by atoms with Crippen molar-refractivity contribution in [1.82, 2.24) is 9.97 Å². The zero-order valence-corrected chi connectivity index (χ0v) is 14.7. The van der Waals surface area contributed by atoms with Gasteiger partial charge in [-0.15, -0.1) is 0 Å². The minimum atomic E-state index is -0.0817. The third-order valence-corrected chi connectivity index (χ3v) is 4.51. The molecule has 0 saturated heterocycles. The maximum atomic E-state index is 12.0. The fourth-order valence-electron chi connectivity index (χ4n) is 1.80. The van der Waals surface area contributed by atoms with Crippen molar-refractivity contribution in [3.8, 4) is 11.4 Å². The van der Waals surface area contributed by atoms with Crippen LogP contribution in [0.15, 0.2) is 27.5 Å². The van der Waals surface area contributed by atoms with Crippen LogP contribution in [0.25, 0.3) is 11.4 Å². The summed E-state index contributed by atoms with van der Waals surface area (Å²) in [6.07, 6.45) is 0. The minimum Gasteiger partial charge on any atom is -0.306 e. The van der Waals surface area contributed by atoms with E-state index in [1.54, 1.807) is 0 Å². The Morgan fingerprint density at radius 2 is 2.05 bits per heavy atom. The molecule has 0 atom stereocenters. The Hall–Kier alpha value is -0.690. The van der Waals surface area contributed by atoms with Gasteiger partial charge in [-0.1, -0.05) is 35.8 Å². The number of aromatic amines is 1. The molecule has 1 N–H and O–H groups in total. The molecule has 0 fully saturated rings. The van der Waals surface area contributed by atoms with Crippen LogP contribution in [0.1, 0.15) is 31.0 Å². The molecule has 1 heterocycles. The highest BCUT2D eigenvalue weighted by molar-refractivity contribution is 14.1. The summed E-state index contributed by atoms with van der Waals surface area (Å²) in [4.78, 5) is 19.4. The first-order chi connectivity index (χ1) is 8.90. The molecule has 3 nitrogen and oxygen atoms in total. The Labute approximate surface area is 134 Å². The van der Waals surface area contributed by atoms with Crippen molar-refractivity contribution in [3.05, 3.63) is 47.9 Å². The second-order valence-corrected chi connectivity index (χ2v) is 6.68. The van der Waals surface area contributed by atoms with Gasteiger partial charge in [-0.25, -0.2) is 4.98 Å². The fraction of sp³-hybridized carbons (Fsp3) is 0.286. The van der Waals surface area contributed by atoms with Crippen LogP contribution < -0.4 is 5.56 Å². The number of H-pyrrole nitrogens is 1. The maximum Gasteiger partial charge on any atom is 0.264 e. The molecular formula is C14H14BrIN2O. The van der Waals surface area contributed by atoms with Crippen molar-refractivity contribution in [2.24, 2.45) is 0 Å². The summed E-state index contributed by atoms with van der Waals surface area (Å²) in [5.74, 6) is 0.832. The highest BCUT2D eigenvalue weighted by Crippen LogP contribution is 2.27. The molecule has 5 heteroatoms. The van der Waals surface area contributed by atoms with Crippen LogP contribution in [0.4, 0.5) is 0 Å². The van der Waals surface area contributed by atoms with E-state index in [1.165, 1.54) is 0 Å². The molecular weight excluding hydrogens is 419 g/mol. The molecule has 0 amide bonds. The van der Waals surface area contributed by atoms with E-state index in [0.717, 1.165) is 21.3 Å². The van der Waals surface area contributed by atoms with Gasteiger partial charge in [0, 0.05) is 10.0 Å². The molecule has 100 valence electrons. The molecule has 0 aliphatic heterocycles. The average Bonchev–Trinajstić information content (AvgIpc) is 2.32. The Morgan fingerprint density at radius 1 is 1.37 bits per heavy atom. The number of hydrogen-bond donors (Lipinski definition) is 1. The molecule has 0 saturated carbocycles. The summed E-state index contributed by atoms with van der Waals surface area (Å²) in [5.41, 5.74) is 2.82. The third-order valence-electron chi connectivity index (χ3n) is 2.82. The number of nitrogens with zero attached hydrogens (tertiary/aromatic N) is 1. The molecule has 0 bridgehead atoms. The van der Waals surface area contributed by atoms with Crippen LogP contribution in [0.3, 0.4) is 0 Å². The van der Waals surface area contributed by atoms with Crippen molar-refractivity contribution >= 4 is 38.5 Å². The summed E-state index contributed by atoms with van der Waals surface area (Å²) in [6.45, 7) is 6.11. The molecule has 19 heavy (non-hydrogen) atoms. The van der Waals surface area contributed by atoms with Crippen LogP contribution in [-0.4, -0.2) is 9.97 Å². The van der Waals surface area contributed by atoms with E-state index in [2.05, 4.69) is 48.5 Å². The molecule has 0 aliphatic carbocycles. The first-order valence-electron chi connectivity index (χ1n) is 5.96. The van der Waals surface area contributed by atoms with E-state index in [-0.39, 0.29) is 11.5 Å². The molecule has 0 aliphatic rings. The smallest absolute Gasteiger partial charge is 0.264 e. The zero-order chi connectivity index (χ0) is 14.2. The third kappa shape index (κ3) is 3.08. The van der Waals surface area contributed by atoms with E-state index in [0.29, 0.717) is 9.39 Å². The fourth-order valence-corrected chi connectivity index (χ4v) is 3.36. The molecule has 0 unspecified atom stereocenters. The number of nitrogens with one attached hydrogen (secondary N) is 1. The summed E-state index contributed by atoms with van der Waals surface area (Å²) in [6, 6.07) is 5.99. The SMILES string of the molecule is Cc1ccc(-c2nc(C(C)C)c(I)c(=O)[nH]2)c(Br)c1. The van der Waals surface area contributed by atoms with Gasteiger partial charge in [0.25, 0.3) is 5.56 Å².